The first kappa shape index (κ1) is 10.5. The van der Waals surface area contributed by atoms with Crippen molar-refractivity contribution in [3.05, 3.63) is 19.3 Å². The first-order valence-corrected chi connectivity index (χ1v) is 4.21. The van der Waals surface area contributed by atoms with Crippen LogP contribution in [0, 0.1) is 12.8 Å². The summed E-state index contributed by atoms with van der Waals surface area (Å²) < 4.78 is 4.96. The molecule has 0 spiro atoms. The van der Waals surface area contributed by atoms with Gasteiger partial charge in [-0.05, 0) is 12.3 Å². The Morgan fingerprint density at radius 2 is 2.18 bits per heavy atom. The molecule has 0 fully saturated rings. The molecule has 0 aromatic rings. The summed E-state index contributed by atoms with van der Waals surface area (Å²) in [5.74, 6) is 1.63. The summed E-state index contributed by atoms with van der Waals surface area (Å²) in [6.07, 6.45) is 4.41. The minimum Gasteiger partial charge on any atom is -0.502 e. The van der Waals surface area contributed by atoms with E-state index in [1.807, 2.05) is 0 Å². The summed E-state index contributed by atoms with van der Waals surface area (Å²) in [6.45, 7) is 9.83. The van der Waals surface area contributed by atoms with Crippen molar-refractivity contribution < 1.29 is 4.74 Å². The smallest absolute Gasteiger partial charge is 0.0883 e. The lowest BCUT2D eigenvalue weighted by atomic mass is 10.0. The van der Waals surface area contributed by atoms with Crippen LogP contribution in [-0.2, 0) is 4.74 Å². The maximum Gasteiger partial charge on any atom is 0.0883 e. The Labute approximate surface area is 70.4 Å². The predicted molar refractivity (Wildman–Crippen MR) is 49.1 cm³/mol. The van der Waals surface area contributed by atoms with E-state index in [0.29, 0.717) is 0 Å². The van der Waals surface area contributed by atoms with Crippen LogP contribution in [0.25, 0.3) is 0 Å². The molecule has 0 heterocycles. The molecule has 0 aliphatic carbocycles. The highest BCUT2D eigenvalue weighted by atomic mass is 16.5. The molecule has 1 atom stereocenters. The molecule has 1 radical (unpaired) electrons. The van der Waals surface area contributed by atoms with E-state index in [1.54, 1.807) is 7.11 Å². The minimum atomic E-state index is 0.736. The van der Waals surface area contributed by atoms with Gasteiger partial charge < -0.3 is 4.74 Å². The standard InChI is InChI=1S/C10H19O/c1-5-9(2)7-6-8-10(3)11-4/h9H,1,3,5-8H2,2,4H3. The van der Waals surface area contributed by atoms with Gasteiger partial charge in [0.15, 0.2) is 0 Å². The molecule has 0 aliphatic heterocycles. The largest absolute Gasteiger partial charge is 0.502 e. The van der Waals surface area contributed by atoms with Gasteiger partial charge in [0.25, 0.3) is 0 Å². The van der Waals surface area contributed by atoms with E-state index >= 15 is 0 Å². The van der Waals surface area contributed by atoms with Crippen LogP contribution < -0.4 is 0 Å². The van der Waals surface area contributed by atoms with Crippen molar-refractivity contribution in [1.29, 1.82) is 0 Å². The molecular formula is C10H19O. The van der Waals surface area contributed by atoms with Crippen LogP contribution in [0.2, 0.25) is 0 Å². The number of ether oxygens (including phenoxy) is 1. The highest BCUT2D eigenvalue weighted by molar-refractivity contribution is 4.81. The summed E-state index contributed by atoms with van der Waals surface area (Å²) >= 11 is 0. The molecule has 0 amide bonds. The number of rotatable bonds is 6. The second kappa shape index (κ2) is 6.26. The first-order chi connectivity index (χ1) is 5.20. The van der Waals surface area contributed by atoms with Gasteiger partial charge in [-0.15, -0.1) is 0 Å². The number of methoxy groups -OCH3 is 1. The highest BCUT2D eigenvalue weighted by Crippen LogP contribution is 2.13. The van der Waals surface area contributed by atoms with E-state index in [-0.39, 0.29) is 0 Å². The molecule has 1 heteroatoms. The van der Waals surface area contributed by atoms with Crippen LogP contribution in [0.3, 0.4) is 0 Å². The average Bonchev–Trinajstić information content (AvgIpc) is 2.04. The van der Waals surface area contributed by atoms with Crippen molar-refractivity contribution >= 4 is 0 Å². The molecule has 1 nitrogen and oxygen atoms in total. The lowest BCUT2D eigenvalue weighted by Crippen LogP contribution is -1.93. The summed E-state index contributed by atoms with van der Waals surface area (Å²) in [7, 11) is 1.67. The Morgan fingerprint density at radius 1 is 1.55 bits per heavy atom. The predicted octanol–water partition coefficient (Wildman–Crippen LogP) is 3.18. The van der Waals surface area contributed by atoms with Crippen molar-refractivity contribution in [2.24, 2.45) is 5.92 Å². The van der Waals surface area contributed by atoms with Gasteiger partial charge in [-0.2, -0.15) is 0 Å². The number of allylic oxidation sites excluding steroid dienone is 1. The van der Waals surface area contributed by atoms with E-state index in [1.165, 1.54) is 12.8 Å². The number of hydrogen-bond donors (Lipinski definition) is 0. The normalized spacial score (nSPS) is 12.6. The fourth-order valence-electron chi connectivity index (χ4n) is 0.894. The molecular weight excluding hydrogens is 136 g/mol. The zero-order chi connectivity index (χ0) is 8.69. The summed E-state index contributed by atoms with van der Waals surface area (Å²) in [6, 6.07) is 0. The molecule has 0 rings (SSSR count). The van der Waals surface area contributed by atoms with Gasteiger partial charge in [-0.1, -0.05) is 33.3 Å². The van der Waals surface area contributed by atoms with Crippen LogP contribution in [-0.4, -0.2) is 7.11 Å². The van der Waals surface area contributed by atoms with Gasteiger partial charge in [0.05, 0.1) is 12.9 Å². The fourth-order valence-corrected chi connectivity index (χ4v) is 0.894. The molecule has 0 saturated heterocycles. The van der Waals surface area contributed by atoms with Crippen molar-refractivity contribution in [2.45, 2.75) is 32.6 Å². The molecule has 0 aromatic carbocycles. The zero-order valence-corrected chi connectivity index (χ0v) is 7.73. The Morgan fingerprint density at radius 3 is 2.64 bits per heavy atom. The van der Waals surface area contributed by atoms with Crippen LogP contribution in [0.15, 0.2) is 12.3 Å². The van der Waals surface area contributed by atoms with E-state index in [9.17, 15) is 0 Å². The van der Waals surface area contributed by atoms with Crippen LogP contribution in [0.4, 0.5) is 0 Å². The van der Waals surface area contributed by atoms with Crippen molar-refractivity contribution in [3.8, 4) is 0 Å². The summed E-state index contributed by atoms with van der Waals surface area (Å²) in [4.78, 5) is 0. The highest BCUT2D eigenvalue weighted by Gasteiger charge is 1.99. The maximum atomic E-state index is 4.96. The van der Waals surface area contributed by atoms with Crippen LogP contribution in [0.1, 0.15) is 32.6 Å². The molecule has 11 heavy (non-hydrogen) atoms. The van der Waals surface area contributed by atoms with E-state index < -0.39 is 0 Å². The molecule has 0 bridgehead atoms. The third-order valence-electron chi connectivity index (χ3n) is 1.93. The van der Waals surface area contributed by atoms with Gasteiger partial charge in [-0.3, -0.25) is 0 Å². The average molecular weight is 155 g/mol. The zero-order valence-electron chi connectivity index (χ0n) is 7.73. The van der Waals surface area contributed by atoms with Gasteiger partial charge in [0.1, 0.15) is 0 Å². The second-order valence-electron chi connectivity index (χ2n) is 3.03. The van der Waals surface area contributed by atoms with Gasteiger partial charge in [0.2, 0.25) is 0 Å². The molecule has 0 N–H and O–H groups in total. The van der Waals surface area contributed by atoms with E-state index in [4.69, 9.17) is 4.74 Å². The van der Waals surface area contributed by atoms with E-state index in [2.05, 4.69) is 20.4 Å². The van der Waals surface area contributed by atoms with Crippen molar-refractivity contribution in [2.75, 3.05) is 7.11 Å². The van der Waals surface area contributed by atoms with E-state index in [0.717, 1.165) is 24.5 Å². The first-order valence-electron chi connectivity index (χ1n) is 4.21. The third kappa shape index (κ3) is 5.96. The maximum absolute atomic E-state index is 4.96. The number of hydrogen-bond acceptors (Lipinski definition) is 1. The molecule has 0 aliphatic rings. The summed E-state index contributed by atoms with van der Waals surface area (Å²) in [5.41, 5.74) is 0. The van der Waals surface area contributed by atoms with Crippen molar-refractivity contribution in [1.82, 2.24) is 0 Å². The molecule has 0 saturated carbocycles. The fraction of sp³-hybridized carbons (Fsp3) is 0.700. The lowest BCUT2D eigenvalue weighted by molar-refractivity contribution is 0.274. The molecule has 1 unspecified atom stereocenters. The Balaban J connectivity index is 3.20. The van der Waals surface area contributed by atoms with Gasteiger partial charge >= 0.3 is 0 Å². The Hall–Kier alpha value is -0.460. The lowest BCUT2D eigenvalue weighted by Gasteiger charge is -2.08. The van der Waals surface area contributed by atoms with Crippen molar-refractivity contribution in [3.63, 3.8) is 0 Å². The minimum absolute atomic E-state index is 0.736. The Kier molecular flexibility index (Phi) is 6.00. The quantitative estimate of drug-likeness (QED) is 0.535. The van der Waals surface area contributed by atoms with Gasteiger partial charge in [0, 0.05) is 6.42 Å². The SMILES string of the molecule is [CH2]CC(C)CCCC(=C)OC. The van der Waals surface area contributed by atoms with Crippen LogP contribution >= 0.6 is 0 Å². The molecule has 0 aromatic heterocycles. The third-order valence-corrected chi connectivity index (χ3v) is 1.93. The Bertz CT molecular complexity index is 107. The van der Waals surface area contributed by atoms with Crippen LogP contribution in [0.5, 0.6) is 0 Å². The topological polar surface area (TPSA) is 9.23 Å². The molecule has 65 valence electrons. The van der Waals surface area contributed by atoms with Gasteiger partial charge in [-0.25, -0.2) is 0 Å². The second-order valence-corrected chi connectivity index (χ2v) is 3.03. The monoisotopic (exact) mass is 155 g/mol. The summed E-state index contributed by atoms with van der Waals surface area (Å²) in [5, 5.41) is 0.